The molecule has 0 fully saturated rings. The van der Waals surface area contributed by atoms with Crippen molar-refractivity contribution in [3.8, 4) is 0 Å². The van der Waals surface area contributed by atoms with E-state index < -0.39 is 10.4 Å². The van der Waals surface area contributed by atoms with Crippen LogP contribution < -0.4 is 0 Å². The van der Waals surface area contributed by atoms with Gasteiger partial charge in [-0.3, -0.25) is 9.11 Å². The van der Waals surface area contributed by atoms with Crippen molar-refractivity contribution in [2.75, 3.05) is 19.8 Å². The molecule has 14 heavy (non-hydrogen) atoms. The molecule has 0 aromatic rings. The number of aliphatic hydroxyl groups excluding tert-OH is 1. The van der Waals surface area contributed by atoms with E-state index in [9.17, 15) is 0 Å². The molecule has 3 N–H and O–H groups in total. The average molecular weight is 238 g/mol. The van der Waals surface area contributed by atoms with Crippen molar-refractivity contribution in [1.82, 2.24) is 0 Å². The van der Waals surface area contributed by atoms with Crippen LogP contribution in [-0.4, -0.2) is 72.0 Å². The zero-order valence-electron chi connectivity index (χ0n) is 7.09. The number of hydrogen-bond acceptors (Lipinski definition) is 4. The number of ether oxygens (including phenoxy) is 1. The second-order valence-electron chi connectivity index (χ2n) is 1.89. The van der Waals surface area contributed by atoms with Crippen molar-refractivity contribution < 1.29 is 27.4 Å². The molecule has 0 amide bonds. The molecule has 0 aliphatic rings. The number of aliphatic hydroxyl groups is 1. The first-order chi connectivity index (χ1) is 5.91. The Balaban J connectivity index is -0.000000177. The van der Waals surface area contributed by atoms with Gasteiger partial charge in [0, 0.05) is 13.2 Å². The number of rotatable bonds is 5. The molecule has 82 valence electrons. The van der Waals surface area contributed by atoms with E-state index in [4.69, 9.17) is 27.4 Å². The van der Waals surface area contributed by atoms with Crippen molar-refractivity contribution in [3.63, 3.8) is 0 Å². The fourth-order valence-corrected chi connectivity index (χ4v) is 0.333. The fourth-order valence-electron chi connectivity index (χ4n) is 0.333. The molecule has 8 heteroatoms. The molecule has 0 saturated heterocycles. The van der Waals surface area contributed by atoms with Crippen LogP contribution in [0.5, 0.6) is 0 Å². The van der Waals surface area contributed by atoms with E-state index in [0.29, 0.717) is 19.6 Å². The quantitative estimate of drug-likeness (QED) is 0.252. The third kappa shape index (κ3) is 54.5. The van der Waals surface area contributed by atoms with Gasteiger partial charge in [0.1, 0.15) is 0 Å². The minimum atomic E-state index is -4.67. The van der Waals surface area contributed by atoms with E-state index in [1.807, 2.05) is 0 Å². The summed E-state index contributed by atoms with van der Waals surface area (Å²) in [7, 11) is -4.67. The minimum absolute atomic E-state index is 0. The summed E-state index contributed by atoms with van der Waals surface area (Å²) in [5.74, 6) is 0. The standard InChI is InChI=1S/C6H12O2.Na.H2O4S.H/c1-2-5-8-6-3-4-7;;1-5(2,3)4;/h2,7H,1,3-6H2;;(H2,1,2,3,4);. The van der Waals surface area contributed by atoms with E-state index in [1.54, 1.807) is 6.08 Å². The van der Waals surface area contributed by atoms with Crippen LogP contribution in [0.2, 0.25) is 0 Å². The van der Waals surface area contributed by atoms with Gasteiger partial charge in [-0.1, -0.05) is 6.08 Å². The van der Waals surface area contributed by atoms with Crippen LogP contribution in [0.15, 0.2) is 12.7 Å². The summed E-state index contributed by atoms with van der Waals surface area (Å²) in [6.45, 7) is 4.89. The molecule has 0 spiro atoms. The maximum absolute atomic E-state index is 8.74. The molecule has 0 atom stereocenters. The molecular weight excluding hydrogens is 223 g/mol. The zero-order valence-corrected chi connectivity index (χ0v) is 7.90. The fraction of sp³-hybridized carbons (Fsp3) is 0.667. The summed E-state index contributed by atoms with van der Waals surface area (Å²) in [5.41, 5.74) is 0. The van der Waals surface area contributed by atoms with Crippen molar-refractivity contribution in [2.45, 2.75) is 6.42 Å². The predicted octanol–water partition coefficient (Wildman–Crippen LogP) is -0.730. The molecule has 0 saturated carbocycles. The summed E-state index contributed by atoms with van der Waals surface area (Å²) in [5, 5.41) is 8.26. The molecule has 0 rings (SSSR count). The molecule has 0 unspecified atom stereocenters. The molecule has 0 bridgehead atoms. The summed E-state index contributed by atoms with van der Waals surface area (Å²) >= 11 is 0. The normalized spacial score (nSPS) is 9.36. The Hall–Kier alpha value is 0.530. The van der Waals surface area contributed by atoms with Crippen LogP contribution in [0, 0.1) is 0 Å². The second-order valence-corrected chi connectivity index (χ2v) is 2.78. The van der Waals surface area contributed by atoms with Crippen LogP contribution >= 0.6 is 0 Å². The van der Waals surface area contributed by atoms with Crippen molar-refractivity contribution in [3.05, 3.63) is 12.7 Å². The first-order valence-corrected chi connectivity index (χ1v) is 4.81. The second kappa shape index (κ2) is 13.5. The van der Waals surface area contributed by atoms with Gasteiger partial charge >= 0.3 is 40.0 Å². The van der Waals surface area contributed by atoms with Crippen molar-refractivity contribution >= 4 is 40.0 Å². The topological polar surface area (TPSA) is 104 Å². The van der Waals surface area contributed by atoms with E-state index in [0.717, 1.165) is 0 Å². The molecule has 6 nitrogen and oxygen atoms in total. The first-order valence-electron chi connectivity index (χ1n) is 3.41. The monoisotopic (exact) mass is 238 g/mol. The van der Waals surface area contributed by atoms with Gasteiger partial charge in [-0.2, -0.15) is 8.42 Å². The Morgan fingerprint density at radius 1 is 1.36 bits per heavy atom. The van der Waals surface area contributed by atoms with E-state index in [1.165, 1.54) is 0 Å². The van der Waals surface area contributed by atoms with Gasteiger partial charge in [-0.05, 0) is 6.42 Å². The Morgan fingerprint density at radius 3 is 2.07 bits per heavy atom. The predicted molar refractivity (Wildman–Crippen MR) is 54.0 cm³/mol. The SMILES string of the molecule is C=CCOCCCO.O=S(=O)(O)O.[NaH]. The maximum atomic E-state index is 8.74. The Bertz CT molecular complexity index is 194. The summed E-state index contributed by atoms with van der Waals surface area (Å²) in [6, 6.07) is 0. The molecule has 0 aromatic carbocycles. The Labute approximate surface area is 106 Å². The Morgan fingerprint density at radius 2 is 1.79 bits per heavy atom. The van der Waals surface area contributed by atoms with Gasteiger partial charge in [0.25, 0.3) is 0 Å². The molecule has 0 radical (unpaired) electrons. The number of hydrogen-bond donors (Lipinski definition) is 3. The molecular formula is C6H15NaO6S. The van der Waals surface area contributed by atoms with Gasteiger partial charge in [0.2, 0.25) is 0 Å². The summed E-state index contributed by atoms with van der Waals surface area (Å²) < 4.78 is 36.5. The van der Waals surface area contributed by atoms with Gasteiger partial charge in [-0.25, -0.2) is 0 Å². The summed E-state index contributed by atoms with van der Waals surface area (Å²) in [6.07, 6.45) is 2.41. The Kier molecular flexibility index (Phi) is 19.3. The summed E-state index contributed by atoms with van der Waals surface area (Å²) in [4.78, 5) is 0. The van der Waals surface area contributed by atoms with Crippen LogP contribution in [-0.2, 0) is 15.1 Å². The van der Waals surface area contributed by atoms with Crippen molar-refractivity contribution in [2.24, 2.45) is 0 Å². The third-order valence-electron chi connectivity index (χ3n) is 0.682. The van der Waals surface area contributed by atoms with Crippen LogP contribution in [0.3, 0.4) is 0 Å². The van der Waals surface area contributed by atoms with Crippen LogP contribution in [0.25, 0.3) is 0 Å². The van der Waals surface area contributed by atoms with Gasteiger partial charge in [-0.15, -0.1) is 6.58 Å². The van der Waals surface area contributed by atoms with Gasteiger partial charge in [0.15, 0.2) is 0 Å². The van der Waals surface area contributed by atoms with Crippen LogP contribution in [0.1, 0.15) is 6.42 Å². The van der Waals surface area contributed by atoms with Crippen LogP contribution in [0.4, 0.5) is 0 Å². The molecule has 0 aliphatic heterocycles. The van der Waals surface area contributed by atoms with Gasteiger partial charge < -0.3 is 9.84 Å². The third-order valence-corrected chi connectivity index (χ3v) is 0.682. The van der Waals surface area contributed by atoms with E-state index >= 15 is 0 Å². The zero-order chi connectivity index (χ0) is 10.7. The molecule has 0 heterocycles. The first kappa shape index (κ1) is 20.0. The molecule has 0 aromatic heterocycles. The average Bonchev–Trinajstić information content (AvgIpc) is 1.95. The van der Waals surface area contributed by atoms with E-state index in [2.05, 4.69) is 6.58 Å². The van der Waals surface area contributed by atoms with E-state index in [-0.39, 0.29) is 36.2 Å². The molecule has 0 aliphatic carbocycles. The van der Waals surface area contributed by atoms with Crippen molar-refractivity contribution in [1.29, 1.82) is 0 Å². The van der Waals surface area contributed by atoms with Gasteiger partial charge in [0.05, 0.1) is 6.61 Å².